The number of hydrogen-bond acceptors (Lipinski definition) is 4. The fraction of sp³-hybridized carbons (Fsp3) is 0.429. The van der Waals surface area contributed by atoms with E-state index in [0.717, 1.165) is 24.6 Å². The molecule has 1 aromatic heterocycles. The molecule has 0 bridgehead atoms. The molecule has 2 aromatic rings. The predicted octanol–water partition coefficient (Wildman–Crippen LogP) is 2.86. The summed E-state index contributed by atoms with van der Waals surface area (Å²) in [5.74, 6) is 1.49. The van der Waals surface area contributed by atoms with Gasteiger partial charge in [-0.05, 0) is 31.0 Å². The molecule has 0 amide bonds. The molecule has 6 heteroatoms. The third-order valence-corrected chi connectivity index (χ3v) is 4.83. The second-order valence-corrected chi connectivity index (χ2v) is 6.74. The second-order valence-electron chi connectivity index (χ2n) is 6.74. The van der Waals surface area contributed by atoms with Crippen molar-refractivity contribution in [3.63, 3.8) is 0 Å². The first kappa shape index (κ1) is 19.2. The Balaban J connectivity index is 1.68. The first-order valence-corrected chi connectivity index (χ1v) is 9.24. The van der Waals surface area contributed by atoms with Crippen molar-refractivity contribution in [1.29, 1.82) is 0 Å². The molecular weight excluding hydrogens is 340 g/mol. The van der Waals surface area contributed by atoms with E-state index in [1.807, 2.05) is 19.2 Å². The second kappa shape index (κ2) is 8.86. The summed E-state index contributed by atoms with van der Waals surface area (Å²) in [4.78, 5) is 11.0. The molecule has 3 rings (SSSR count). The third-order valence-electron chi connectivity index (χ3n) is 4.83. The molecular formula is C21H28N4O2. The number of nitrogens with zero attached hydrogens (tertiary/aromatic N) is 3. The van der Waals surface area contributed by atoms with Crippen LogP contribution in [0.1, 0.15) is 28.4 Å². The lowest BCUT2D eigenvalue weighted by Gasteiger charge is -2.36. The topological polar surface area (TPSA) is 59.0 Å². The Morgan fingerprint density at radius 1 is 1.37 bits per heavy atom. The maximum atomic E-state index is 6.05. The average Bonchev–Trinajstić information content (AvgIpc) is 2.69. The van der Waals surface area contributed by atoms with E-state index in [-0.39, 0.29) is 6.10 Å². The Bertz CT molecular complexity index is 807. The van der Waals surface area contributed by atoms with E-state index in [2.05, 4.69) is 52.2 Å². The molecule has 0 saturated carbocycles. The Morgan fingerprint density at radius 2 is 2.22 bits per heavy atom. The van der Waals surface area contributed by atoms with E-state index in [1.54, 1.807) is 13.3 Å². The fourth-order valence-corrected chi connectivity index (χ4v) is 3.47. The van der Waals surface area contributed by atoms with Crippen LogP contribution in [0.2, 0.25) is 0 Å². The summed E-state index contributed by atoms with van der Waals surface area (Å²) >= 11 is 0. The number of benzene rings is 1. The van der Waals surface area contributed by atoms with Gasteiger partial charge < -0.3 is 19.7 Å². The molecule has 1 aliphatic heterocycles. The summed E-state index contributed by atoms with van der Waals surface area (Å²) in [6.45, 7) is 7.12. The number of morpholine rings is 1. The van der Waals surface area contributed by atoms with Gasteiger partial charge in [0.15, 0.2) is 5.96 Å². The summed E-state index contributed by atoms with van der Waals surface area (Å²) < 4.78 is 11.4. The molecule has 1 aliphatic rings. The number of nitrogens with one attached hydrogen (secondary N) is 1. The number of aliphatic imine (C=N–C) groups is 1. The number of hydrogen-bond donors (Lipinski definition) is 1. The van der Waals surface area contributed by atoms with Crippen LogP contribution in [0, 0.1) is 13.8 Å². The van der Waals surface area contributed by atoms with Crippen molar-refractivity contribution in [2.24, 2.45) is 4.99 Å². The van der Waals surface area contributed by atoms with Gasteiger partial charge in [-0.25, -0.2) is 4.98 Å². The van der Waals surface area contributed by atoms with Crippen LogP contribution in [0.25, 0.3) is 0 Å². The summed E-state index contributed by atoms with van der Waals surface area (Å²) in [7, 11) is 3.45. The van der Waals surface area contributed by atoms with Crippen molar-refractivity contribution >= 4 is 5.96 Å². The Labute approximate surface area is 161 Å². The Kier molecular flexibility index (Phi) is 6.29. The smallest absolute Gasteiger partial charge is 0.218 e. The first-order chi connectivity index (χ1) is 13.1. The van der Waals surface area contributed by atoms with Crippen LogP contribution in [0.4, 0.5) is 0 Å². The van der Waals surface area contributed by atoms with Gasteiger partial charge in [0, 0.05) is 31.9 Å². The number of methoxy groups -OCH3 is 1. The van der Waals surface area contributed by atoms with Crippen LogP contribution in [-0.4, -0.2) is 49.7 Å². The lowest BCUT2D eigenvalue weighted by Crippen LogP contribution is -2.48. The summed E-state index contributed by atoms with van der Waals surface area (Å²) in [6, 6.07) is 10.4. The zero-order valence-electron chi connectivity index (χ0n) is 16.5. The number of aryl methyl sites for hydroxylation is 2. The molecule has 27 heavy (non-hydrogen) atoms. The van der Waals surface area contributed by atoms with Gasteiger partial charge in [0.1, 0.15) is 6.10 Å². The summed E-state index contributed by atoms with van der Waals surface area (Å²) in [5.41, 5.74) is 4.78. The van der Waals surface area contributed by atoms with Crippen LogP contribution < -0.4 is 10.1 Å². The molecule has 0 radical (unpaired) electrons. The Morgan fingerprint density at radius 3 is 2.96 bits per heavy atom. The molecule has 1 aromatic carbocycles. The largest absolute Gasteiger partial charge is 0.481 e. The van der Waals surface area contributed by atoms with Gasteiger partial charge in [0.05, 0.1) is 20.3 Å². The highest BCUT2D eigenvalue weighted by Crippen LogP contribution is 2.26. The fourth-order valence-electron chi connectivity index (χ4n) is 3.47. The number of ether oxygens (including phenoxy) is 2. The molecule has 2 heterocycles. The van der Waals surface area contributed by atoms with E-state index in [0.29, 0.717) is 19.0 Å². The summed E-state index contributed by atoms with van der Waals surface area (Å²) in [6.07, 6.45) is 1.78. The van der Waals surface area contributed by atoms with Gasteiger partial charge in [-0.3, -0.25) is 4.99 Å². The van der Waals surface area contributed by atoms with E-state index >= 15 is 0 Å². The Hall–Kier alpha value is -2.60. The van der Waals surface area contributed by atoms with Crippen LogP contribution in [-0.2, 0) is 11.3 Å². The lowest BCUT2D eigenvalue weighted by atomic mass is 10.00. The van der Waals surface area contributed by atoms with Crippen LogP contribution >= 0.6 is 0 Å². The van der Waals surface area contributed by atoms with Gasteiger partial charge in [0.2, 0.25) is 5.88 Å². The lowest BCUT2D eigenvalue weighted by molar-refractivity contribution is -0.00834. The maximum absolute atomic E-state index is 6.05. The van der Waals surface area contributed by atoms with Crippen LogP contribution in [0.3, 0.4) is 0 Å². The number of pyridine rings is 1. The van der Waals surface area contributed by atoms with Crippen molar-refractivity contribution in [2.75, 3.05) is 33.9 Å². The molecule has 0 aliphatic carbocycles. The molecule has 0 spiro atoms. The number of rotatable bonds is 4. The molecule has 1 saturated heterocycles. The van der Waals surface area contributed by atoms with Gasteiger partial charge in [-0.1, -0.05) is 29.8 Å². The van der Waals surface area contributed by atoms with E-state index in [9.17, 15) is 0 Å². The van der Waals surface area contributed by atoms with Gasteiger partial charge in [0.25, 0.3) is 0 Å². The van der Waals surface area contributed by atoms with E-state index in [4.69, 9.17) is 9.47 Å². The normalized spacial score (nSPS) is 17.7. The summed E-state index contributed by atoms with van der Waals surface area (Å²) in [5, 5.41) is 3.43. The quantitative estimate of drug-likeness (QED) is 0.664. The monoisotopic (exact) mass is 368 g/mol. The van der Waals surface area contributed by atoms with E-state index in [1.165, 1.54) is 16.7 Å². The highest BCUT2D eigenvalue weighted by Gasteiger charge is 2.25. The number of aromatic nitrogens is 1. The predicted molar refractivity (Wildman–Crippen MR) is 107 cm³/mol. The third kappa shape index (κ3) is 4.57. The zero-order valence-corrected chi connectivity index (χ0v) is 16.5. The van der Waals surface area contributed by atoms with E-state index < -0.39 is 0 Å². The van der Waals surface area contributed by atoms with Crippen molar-refractivity contribution < 1.29 is 9.47 Å². The van der Waals surface area contributed by atoms with Crippen LogP contribution in [0.15, 0.2) is 41.5 Å². The molecule has 1 fully saturated rings. The minimum absolute atomic E-state index is 0.0471. The molecule has 1 N–H and O–H groups in total. The minimum Gasteiger partial charge on any atom is -0.481 e. The van der Waals surface area contributed by atoms with Crippen molar-refractivity contribution in [1.82, 2.24) is 15.2 Å². The minimum atomic E-state index is 0.0471. The highest BCUT2D eigenvalue weighted by atomic mass is 16.5. The highest BCUT2D eigenvalue weighted by molar-refractivity contribution is 5.80. The first-order valence-electron chi connectivity index (χ1n) is 9.24. The van der Waals surface area contributed by atoms with Crippen molar-refractivity contribution in [3.05, 3.63) is 58.8 Å². The SMILES string of the molecule is CN=C(NCc1cccnc1OC)N1CCOC(c2ccc(C)cc2C)C1. The van der Waals surface area contributed by atoms with Crippen molar-refractivity contribution in [2.45, 2.75) is 26.5 Å². The van der Waals surface area contributed by atoms with Crippen molar-refractivity contribution in [3.8, 4) is 5.88 Å². The molecule has 1 atom stereocenters. The zero-order chi connectivity index (χ0) is 19.2. The standard InChI is InChI=1S/C21H28N4O2/c1-15-7-8-18(16(2)12-15)19-14-25(10-11-27-19)21(22-3)24-13-17-6-5-9-23-20(17)26-4/h5-9,12,19H,10-11,13-14H2,1-4H3,(H,22,24). The maximum Gasteiger partial charge on any atom is 0.218 e. The number of guanidine groups is 1. The molecule has 144 valence electrons. The van der Waals surface area contributed by atoms with Gasteiger partial charge in [-0.15, -0.1) is 0 Å². The van der Waals surface area contributed by atoms with Gasteiger partial charge in [-0.2, -0.15) is 0 Å². The average molecular weight is 368 g/mol. The molecule has 6 nitrogen and oxygen atoms in total. The van der Waals surface area contributed by atoms with Gasteiger partial charge >= 0.3 is 0 Å². The van der Waals surface area contributed by atoms with Crippen LogP contribution in [0.5, 0.6) is 5.88 Å². The molecule has 1 unspecified atom stereocenters.